The van der Waals surface area contributed by atoms with E-state index in [2.05, 4.69) is 11.4 Å². The Morgan fingerprint density at radius 1 is 1.44 bits per heavy atom. The monoisotopic (exact) mass is 238 g/mol. The Bertz CT molecular complexity index is 381. The average Bonchev–Trinajstić information content (AvgIpc) is 2.27. The Morgan fingerprint density at radius 3 is 2.44 bits per heavy atom. The summed E-state index contributed by atoms with van der Waals surface area (Å²) < 4.78 is 0. The highest BCUT2D eigenvalue weighted by Gasteiger charge is 2.21. The maximum atomic E-state index is 9.14. The molecule has 0 aliphatic heterocycles. The van der Waals surface area contributed by atoms with Gasteiger partial charge in [0.05, 0.1) is 12.7 Å². The largest absolute Gasteiger partial charge is 0.394 e. The number of hydrogen-bond acceptors (Lipinski definition) is 3. The molecule has 2 N–H and O–H groups in total. The number of nitriles is 1. The molecule has 86 valence electrons. The second-order valence-corrected chi connectivity index (χ2v) is 4.74. The van der Waals surface area contributed by atoms with Gasteiger partial charge in [0.2, 0.25) is 0 Å². The van der Waals surface area contributed by atoms with Gasteiger partial charge >= 0.3 is 0 Å². The van der Waals surface area contributed by atoms with Crippen LogP contribution in [0, 0.1) is 11.3 Å². The molecule has 0 radical (unpaired) electrons. The van der Waals surface area contributed by atoms with E-state index >= 15 is 0 Å². The second kappa shape index (κ2) is 5.31. The lowest BCUT2D eigenvalue weighted by Gasteiger charge is -2.26. The summed E-state index contributed by atoms with van der Waals surface area (Å²) >= 11 is 5.78. The van der Waals surface area contributed by atoms with Gasteiger partial charge in [0.25, 0.3) is 0 Å². The fourth-order valence-electron chi connectivity index (χ4n) is 1.28. The first-order valence-electron chi connectivity index (χ1n) is 5.02. The van der Waals surface area contributed by atoms with Crippen LogP contribution in [0.1, 0.15) is 25.5 Å². The minimum absolute atomic E-state index is 0.0290. The summed E-state index contributed by atoms with van der Waals surface area (Å²) in [4.78, 5) is 0. The van der Waals surface area contributed by atoms with Crippen molar-refractivity contribution in [2.24, 2.45) is 0 Å². The van der Waals surface area contributed by atoms with Gasteiger partial charge in [-0.1, -0.05) is 23.7 Å². The molecule has 3 nitrogen and oxygen atoms in total. The Labute approximate surface area is 101 Å². The third kappa shape index (κ3) is 3.49. The maximum Gasteiger partial charge on any atom is 0.121 e. The lowest BCUT2D eigenvalue weighted by atomic mass is 10.0. The van der Waals surface area contributed by atoms with E-state index in [0.29, 0.717) is 5.02 Å². The zero-order chi connectivity index (χ0) is 12.2. The predicted octanol–water partition coefficient (Wildman–Crippen LogP) is 2.27. The van der Waals surface area contributed by atoms with Gasteiger partial charge in [0.15, 0.2) is 0 Å². The number of nitrogens with one attached hydrogen (secondary N) is 1. The molecule has 0 aliphatic rings. The number of hydrogen-bond donors (Lipinski definition) is 2. The van der Waals surface area contributed by atoms with E-state index in [1.54, 1.807) is 24.3 Å². The number of halogens is 1. The minimum Gasteiger partial charge on any atom is -0.394 e. The van der Waals surface area contributed by atoms with Crippen LogP contribution in [0.4, 0.5) is 0 Å². The van der Waals surface area contributed by atoms with Crippen LogP contribution in [-0.4, -0.2) is 17.3 Å². The van der Waals surface area contributed by atoms with Crippen LogP contribution >= 0.6 is 11.6 Å². The molecule has 1 aromatic carbocycles. The predicted molar refractivity (Wildman–Crippen MR) is 64.1 cm³/mol. The first-order valence-corrected chi connectivity index (χ1v) is 5.40. The van der Waals surface area contributed by atoms with Gasteiger partial charge in [-0.3, -0.25) is 5.32 Å². The third-order valence-electron chi connectivity index (χ3n) is 2.26. The summed E-state index contributed by atoms with van der Waals surface area (Å²) in [6.07, 6.45) is 0. The Hall–Kier alpha value is -1.08. The quantitative estimate of drug-likeness (QED) is 0.846. The number of rotatable bonds is 4. The molecular formula is C12H15ClN2O. The molecule has 16 heavy (non-hydrogen) atoms. The van der Waals surface area contributed by atoms with Crippen molar-refractivity contribution in [2.75, 3.05) is 6.61 Å². The van der Waals surface area contributed by atoms with Crippen molar-refractivity contribution in [2.45, 2.75) is 25.4 Å². The standard InChI is InChI=1S/C12H15ClN2O/c1-12(2,8-16)15-11(7-14)9-3-5-10(13)6-4-9/h3-6,11,15-16H,8H2,1-2H3. The van der Waals surface area contributed by atoms with Crippen LogP contribution in [0.5, 0.6) is 0 Å². The Morgan fingerprint density at radius 2 is 2.00 bits per heavy atom. The minimum atomic E-state index is -0.486. The van der Waals surface area contributed by atoms with Crippen LogP contribution in [-0.2, 0) is 0 Å². The SMILES string of the molecule is CC(C)(CO)NC(C#N)c1ccc(Cl)cc1. The van der Waals surface area contributed by atoms with Crippen LogP contribution in [0.25, 0.3) is 0 Å². The van der Waals surface area contributed by atoms with E-state index < -0.39 is 11.6 Å². The molecule has 0 heterocycles. The molecule has 0 saturated carbocycles. The van der Waals surface area contributed by atoms with Gasteiger partial charge in [-0.2, -0.15) is 5.26 Å². The fourth-order valence-corrected chi connectivity index (χ4v) is 1.41. The molecule has 0 amide bonds. The lowest BCUT2D eigenvalue weighted by Crippen LogP contribution is -2.44. The maximum absolute atomic E-state index is 9.14. The van der Waals surface area contributed by atoms with Crippen molar-refractivity contribution in [1.29, 1.82) is 5.26 Å². The highest BCUT2D eigenvalue weighted by atomic mass is 35.5. The van der Waals surface area contributed by atoms with Crippen molar-refractivity contribution in [1.82, 2.24) is 5.32 Å². The molecule has 1 rings (SSSR count). The molecule has 0 spiro atoms. The van der Waals surface area contributed by atoms with Crippen molar-refractivity contribution < 1.29 is 5.11 Å². The summed E-state index contributed by atoms with van der Waals surface area (Å²) in [5.74, 6) is 0. The van der Waals surface area contributed by atoms with Crippen LogP contribution in [0.15, 0.2) is 24.3 Å². The summed E-state index contributed by atoms with van der Waals surface area (Å²) in [5, 5.41) is 21.9. The highest BCUT2D eigenvalue weighted by molar-refractivity contribution is 6.30. The molecule has 4 heteroatoms. The lowest BCUT2D eigenvalue weighted by molar-refractivity contribution is 0.182. The van der Waals surface area contributed by atoms with Gasteiger partial charge in [-0.15, -0.1) is 0 Å². The Balaban J connectivity index is 2.84. The van der Waals surface area contributed by atoms with Gasteiger partial charge in [0, 0.05) is 10.6 Å². The van der Waals surface area contributed by atoms with Crippen LogP contribution < -0.4 is 5.32 Å². The molecule has 0 aliphatic carbocycles. The van der Waals surface area contributed by atoms with E-state index in [-0.39, 0.29) is 6.61 Å². The van der Waals surface area contributed by atoms with Crippen molar-refractivity contribution in [3.63, 3.8) is 0 Å². The molecule has 1 aromatic rings. The van der Waals surface area contributed by atoms with Gasteiger partial charge < -0.3 is 5.11 Å². The van der Waals surface area contributed by atoms with Crippen LogP contribution in [0.2, 0.25) is 5.02 Å². The first-order chi connectivity index (χ1) is 7.48. The molecule has 0 bridgehead atoms. The molecule has 0 saturated heterocycles. The summed E-state index contributed by atoms with van der Waals surface area (Å²) in [6.45, 7) is 3.65. The van der Waals surface area contributed by atoms with Crippen molar-refractivity contribution in [3.8, 4) is 6.07 Å². The highest BCUT2D eigenvalue weighted by Crippen LogP contribution is 2.18. The molecular weight excluding hydrogens is 224 g/mol. The molecule has 1 atom stereocenters. The number of benzene rings is 1. The van der Waals surface area contributed by atoms with E-state index in [4.69, 9.17) is 22.0 Å². The van der Waals surface area contributed by atoms with Crippen molar-refractivity contribution in [3.05, 3.63) is 34.9 Å². The fraction of sp³-hybridized carbons (Fsp3) is 0.417. The number of aliphatic hydroxyl groups is 1. The number of aliphatic hydroxyl groups excluding tert-OH is 1. The van der Waals surface area contributed by atoms with E-state index in [0.717, 1.165) is 5.56 Å². The molecule has 0 fully saturated rings. The normalized spacial score (nSPS) is 13.2. The smallest absolute Gasteiger partial charge is 0.121 e. The zero-order valence-corrected chi connectivity index (χ0v) is 10.1. The second-order valence-electron chi connectivity index (χ2n) is 4.30. The van der Waals surface area contributed by atoms with E-state index in [9.17, 15) is 0 Å². The first kappa shape index (κ1) is 13.0. The topological polar surface area (TPSA) is 56.0 Å². The van der Waals surface area contributed by atoms with E-state index in [1.165, 1.54) is 0 Å². The van der Waals surface area contributed by atoms with E-state index in [1.807, 2.05) is 13.8 Å². The third-order valence-corrected chi connectivity index (χ3v) is 2.51. The summed E-state index contributed by atoms with van der Waals surface area (Å²) in [7, 11) is 0. The Kier molecular flexibility index (Phi) is 4.31. The van der Waals surface area contributed by atoms with Gasteiger partial charge in [-0.25, -0.2) is 0 Å². The van der Waals surface area contributed by atoms with Crippen molar-refractivity contribution >= 4 is 11.6 Å². The molecule has 0 aromatic heterocycles. The summed E-state index contributed by atoms with van der Waals surface area (Å²) in [5.41, 5.74) is 0.355. The molecule has 1 unspecified atom stereocenters. The average molecular weight is 239 g/mol. The number of nitrogens with zero attached hydrogens (tertiary/aromatic N) is 1. The van der Waals surface area contributed by atoms with Crippen LogP contribution in [0.3, 0.4) is 0 Å². The van der Waals surface area contributed by atoms with Gasteiger partial charge in [-0.05, 0) is 31.5 Å². The zero-order valence-electron chi connectivity index (χ0n) is 9.37. The summed E-state index contributed by atoms with van der Waals surface area (Å²) in [6, 6.07) is 8.81. The van der Waals surface area contributed by atoms with Gasteiger partial charge in [0.1, 0.15) is 6.04 Å².